The minimum Gasteiger partial charge on any atom is -0.444 e. The van der Waals surface area contributed by atoms with Gasteiger partial charge in [0.05, 0.1) is 0 Å². The highest BCUT2D eigenvalue weighted by Gasteiger charge is 2.15. The molecule has 158 valence electrons. The Hall–Kier alpha value is -2.28. The van der Waals surface area contributed by atoms with Gasteiger partial charge in [-0.25, -0.2) is 4.79 Å². The second kappa shape index (κ2) is 12.2. The summed E-state index contributed by atoms with van der Waals surface area (Å²) in [7, 11) is 1.73. The van der Waals surface area contributed by atoms with Gasteiger partial charge in [-0.3, -0.25) is 9.89 Å². The number of carbonyl (C=O) groups excluding carboxylic acids is 1. The van der Waals surface area contributed by atoms with Crippen LogP contribution in [0.2, 0.25) is 0 Å². The molecule has 0 aliphatic heterocycles. The number of ether oxygens (including phenoxy) is 1. The van der Waals surface area contributed by atoms with E-state index >= 15 is 0 Å². The lowest BCUT2D eigenvalue weighted by atomic mass is 10.1. The van der Waals surface area contributed by atoms with Gasteiger partial charge in [-0.05, 0) is 45.0 Å². The Morgan fingerprint density at radius 1 is 1.07 bits per heavy atom. The summed E-state index contributed by atoms with van der Waals surface area (Å²) in [5, 5.41) is 9.20. The summed E-state index contributed by atoms with van der Waals surface area (Å²) in [6.45, 7) is 14.6. The van der Waals surface area contributed by atoms with E-state index in [1.165, 1.54) is 11.1 Å². The van der Waals surface area contributed by atoms with E-state index in [4.69, 9.17) is 4.74 Å². The van der Waals surface area contributed by atoms with Crippen LogP contribution in [0.15, 0.2) is 29.3 Å². The van der Waals surface area contributed by atoms with E-state index in [9.17, 15) is 4.79 Å². The van der Waals surface area contributed by atoms with Crippen LogP contribution in [0, 0.1) is 0 Å². The molecule has 28 heavy (non-hydrogen) atoms. The third-order valence-corrected chi connectivity index (χ3v) is 4.06. The van der Waals surface area contributed by atoms with Gasteiger partial charge in [-0.15, -0.1) is 0 Å². The third kappa shape index (κ3) is 10.2. The molecule has 0 fully saturated rings. The number of nitrogens with one attached hydrogen (secondary N) is 3. The predicted octanol–water partition coefficient (Wildman–Crippen LogP) is 2.72. The first-order chi connectivity index (χ1) is 13.3. The third-order valence-electron chi connectivity index (χ3n) is 4.06. The number of aliphatic imine (C=N–C) groups is 1. The first kappa shape index (κ1) is 23.8. The molecule has 0 spiro atoms. The minimum absolute atomic E-state index is 0.415. The van der Waals surface area contributed by atoms with Crippen LogP contribution in [-0.4, -0.2) is 55.8 Å². The monoisotopic (exact) mass is 391 g/mol. The molecule has 1 rings (SSSR count). The van der Waals surface area contributed by atoms with Crippen LogP contribution in [0.3, 0.4) is 0 Å². The van der Waals surface area contributed by atoms with E-state index in [0.29, 0.717) is 25.6 Å². The molecule has 7 heteroatoms. The molecule has 0 heterocycles. The fraction of sp³-hybridized carbons (Fsp3) is 0.619. The minimum atomic E-state index is -0.491. The molecule has 1 amide bonds. The van der Waals surface area contributed by atoms with E-state index in [0.717, 1.165) is 19.6 Å². The zero-order valence-electron chi connectivity index (χ0n) is 18.3. The summed E-state index contributed by atoms with van der Waals surface area (Å²) in [5.74, 6) is 0.695. The van der Waals surface area contributed by atoms with Gasteiger partial charge in [-0.1, -0.05) is 38.1 Å². The lowest BCUT2D eigenvalue weighted by Crippen LogP contribution is -2.42. The fourth-order valence-corrected chi connectivity index (χ4v) is 2.61. The van der Waals surface area contributed by atoms with Crippen molar-refractivity contribution >= 4 is 12.1 Å². The predicted molar refractivity (Wildman–Crippen MR) is 116 cm³/mol. The van der Waals surface area contributed by atoms with Crippen LogP contribution in [0.5, 0.6) is 0 Å². The lowest BCUT2D eigenvalue weighted by molar-refractivity contribution is 0.0529. The molecule has 0 aromatic heterocycles. The van der Waals surface area contributed by atoms with Crippen molar-refractivity contribution in [1.29, 1.82) is 0 Å². The Balaban J connectivity index is 2.39. The van der Waals surface area contributed by atoms with Crippen molar-refractivity contribution in [3.63, 3.8) is 0 Å². The van der Waals surface area contributed by atoms with Crippen molar-refractivity contribution in [2.75, 3.05) is 33.2 Å². The van der Waals surface area contributed by atoms with Gasteiger partial charge >= 0.3 is 6.09 Å². The van der Waals surface area contributed by atoms with E-state index < -0.39 is 11.7 Å². The normalized spacial score (nSPS) is 12.0. The Bertz CT molecular complexity index is 621. The average Bonchev–Trinajstić information content (AvgIpc) is 2.64. The zero-order chi connectivity index (χ0) is 21.0. The number of carbonyl (C=O) groups is 1. The Morgan fingerprint density at radius 3 is 2.32 bits per heavy atom. The number of alkyl carbamates (subject to hydrolysis) is 1. The molecule has 3 N–H and O–H groups in total. The van der Waals surface area contributed by atoms with Gasteiger partial charge < -0.3 is 20.7 Å². The van der Waals surface area contributed by atoms with Crippen molar-refractivity contribution in [2.45, 2.75) is 53.3 Å². The standard InChI is InChI=1S/C21H37N5O2/c1-7-26(8-2)16-18-11-9-10-17(14-18)15-25-19(22-6)23-12-13-24-20(27)28-21(3,4)5/h9-11,14H,7-8,12-13,15-16H2,1-6H3,(H,24,27)(H2,22,23,25). The first-order valence-corrected chi connectivity index (χ1v) is 9.99. The Labute approximate surface area is 169 Å². The van der Waals surface area contributed by atoms with Crippen molar-refractivity contribution in [2.24, 2.45) is 4.99 Å². The van der Waals surface area contributed by atoms with Crippen LogP contribution in [0.25, 0.3) is 0 Å². The molecule has 0 aliphatic carbocycles. The molecule has 0 saturated heterocycles. The quantitative estimate of drug-likeness (QED) is 0.343. The number of guanidine groups is 1. The maximum absolute atomic E-state index is 11.6. The lowest BCUT2D eigenvalue weighted by Gasteiger charge is -2.20. The number of nitrogens with zero attached hydrogens (tertiary/aromatic N) is 2. The van der Waals surface area contributed by atoms with Gasteiger partial charge in [0, 0.05) is 33.2 Å². The van der Waals surface area contributed by atoms with Crippen molar-refractivity contribution < 1.29 is 9.53 Å². The topological polar surface area (TPSA) is 78.0 Å². The molecule has 0 bridgehead atoms. The van der Waals surface area contributed by atoms with Crippen molar-refractivity contribution in [1.82, 2.24) is 20.9 Å². The average molecular weight is 392 g/mol. The fourth-order valence-electron chi connectivity index (χ4n) is 2.61. The van der Waals surface area contributed by atoms with Gasteiger partial charge in [0.2, 0.25) is 0 Å². The summed E-state index contributed by atoms with van der Waals surface area (Å²) in [4.78, 5) is 18.2. The van der Waals surface area contributed by atoms with Gasteiger partial charge in [0.25, 0.3) is 0 Å². The number of rotatable bonds is 9. The maximum atomic E-state index is 11.6. The Kier molecular flexibility index (Phi) is 10.4. The number of hydrogen-bond acceptors (Lipinski definition) is 4. The zero-order valence-corrected chi connectivity index (χ0v) is 18.3. The second-order valence-electron chi connectivity index (χ2n) is 7.56. The summed E-state index contributed by atoms with van der Waals surface area (Å²) in [6.07, 6.45) is -0.415. The van der Waals surface area contributed by atoms with Crippen molar-refractivity contribution in [3.8, 4) is 0 Å². The smallest absolute Gasteiger partial charge is 0.407 e. The summed E-state index contributed by atoms with van der Waals surface area (Å²) in [6, 6.07) is 8.59. The highest BCUT2D eigenvalue weighted by molar-refractivity contribution is 5.79. The summed E-state index contributed by atoms with van der Waals surface area (Å²) >= 11 is 0. The molecular weight excluding hydrogens is 354 g/mol. The van der Waals surface area contributed by atoms with Crippen LogP contribution in [0.1, 0.15) is 45.7 Å². The van der Waals surface area contributed by atoms with Crippen LogP contribution in [0.4, 0.5) is 4.79 Å². The number of hydrogen-bond donors (Lipinski definition) is 3. The van der Waals surface area contributed by atoms with Crippen molar-refractivity contribution in [3.05, 3.63) is 35.4 Å². The summed E-state index contributed by atoms with van der Waals surface area (Å²) < 4.78 is 5.20. The molecule has 0 saturated carbocycles. The first-order valence-electron chi connectivity index (χ1n) is 9.99. The van der Waals surface area contributed by atoms with Crippen LogP contribution in [-0.2, 0) is 17.8 Å². The Morgan fingerprint density at radius 2 is 1.71 bits per heavy atom. The molecule has 0 aliphatic rings. The summed E-state index contributed by atoms with van der Waals surface area (Å²) in [5.41, 5.74) is 2.03. The largest absolute Gasteiger partial charge is 0.444 e. The highest BCUT2D eigenvalue weighted by Crippen LogP contribution is 2.08. The molecule has 0 unspecified atom stereocenters. The van der Waals surface area contributed by atoms with Gasteiger partial charge in [0.15, 0.2) is 5.96 Å². The van der Waals surface area contributed by atoms with E-state index in [2.05, 4.69) is 64.0 Å². The molecule has 1 aromatic rings. The van der Waals surface area contributed by atoms with E-state index in [-0.39, 0.29) is 0 Å². The molecule has 7 nitrogen and oxygen atoms in total. The molecule has 0 atom stereocenters. The number of benzene rings is 1. The van der Waals surface area contributed by atoms with Gasteiger partial charge in [0.1, 0.15) is 5.60 Å². The molecule has 0 radical (unpaired) electrons. The van der Waals surface area contributed by atoms with Gasteiger partial charge in [-0.2, -0.15) is 0 Å². The second-order valence-corrected chi connectivity index (χ2v) is 7.56. The SMILES string of the molecule is CCN(CC)Cc1cccc(CNC(=NC)NCCNC(=O)OC(C)(C)C)c1. The van der Waals surface area contributed by atoms with E-state index in [1.54, 1.807) is 7.05 Å². The van der Waals surface area contributed by atoms with Crippen LogP contribution >= 0.6 is 0 Å². The molecule has 1 aromatic carbocycles. The maximum Gasteiger partial charge on any atom is 0.407 e. The van der Waals surface area contributed by atoms with Crippen LogP contribution < -0.4 is 16.0 Å². The number of amides is 1. The van der Waals surface area contributed by atoms with E-state index in [1.807, 2.05) is 20.8 Å². The highest BCUT2D eigenvalue weighted by atomic mass is 16.6. The molecular formula is C21H37N5O2.